The molecule has 2 aliphatic heterocycles. The number of hydrogen-bond acceptors (Lipinski definition) is 2. The average Bonchev–Trinajstić information content (AvgIpc) is 2.53. The van der Waals surface area contributed by atoms with Crippen LogP contribution in [0.3, 0.4) is 0 Å². The molecule has 66 valence electrons. The van der Waals surface area contributed by atoms with Crippen molar-refractivity contribution in [3.63, 3.8) is 0 Å². The van der Waals surface area contributed by atoms with Gasteiger partial charge in [-0.1, -0.05) is 6.58 Å². The third-order valence-electron chi connectivity index (χ3n) is 2.83. The van der Waals surface area contributed by atoms with Crippen LogP contribution in [0.25, 0.3) is 0 Å². The van der Waals surface area contributed by atoms with Crippen molar-refractivity contribution >= 4 is 0 Å². The number of hydrogen-bond donors (Lipinski definition) is 0. The average molecular weight is 164 g/mol. The molecule has 2 nitrogen and oxygen atoms in total. The maximum Gasteiger partial charge on any atom is 0.0821 e. The molecule has 0 amide bonds. The Bertz CT molecular complexity index is 206. The molecule has 2 heterocycles. The van der Waals surface area contributed by atoms with Gasteiger partial charge < -0.3 is 4.90 Å². The molecular weight excluding hydrogens is 148 g/mol. The predicted molar refractivity (Wildman–Crippen MR) is 49.6 cm³/mol. The molecule has 12 heavy (non-hydrogen) atoms. The van der Waals surface area contributed by atoms with Crippen LogP contribution >= 0.6 is 0 Å². The van der Waals surface area contributed by atoms with Crippen molar-refractivity contribution in [2.45, 2.75) is 25.4 Å². The standard InChI is InChI=1S/C10H16N2/c1-2-6-11-8-4-9-12-7-3-5-10(11)12/h6,10H,1,3-5,7-9H2. The lowest BCUT2D eigenvalue weighted by Crippen LogP contribution is -2.47. The first-order valence-electron chi connectivity index (χ1n) is 4.77. The fraction of sp³-hybridized carbons (Fsp3) is 0.700. The van der Waals surface area contributed by atoms with Gasteiger partial charge in [0.15, 0.2) is 0 Å². The topological polar surface area (TPSA) is 6.48 Å². The predicted octanol–water partition coefficient (Wildman–Crippen LogP) is 1.41. The van der Waals surface area contributed by atoms with Crippen molar-refractivity contribution in [3.05, 3.63) is 18.5 Å². The highest BCUT2D eigenvalue weighted by atomic mass is 15.4. The molecule has 0 spiro atoms. The summed E-state index contributed by atoms with van der Waals surface area (Å²) in [5, 5.41) is 0. The molecule has 2 saturated heterocycles. The van der Waals surface area contributed by atoms with E-state index in [1.807, 2.05) is 6.20 Å². The summed E-state index contributed by atoms with van der Waals surface area (Å²) in [7, 11) is 0. The highest BCUT2D eigenvalue weighted by molar-refractivity contribution is 4.90. The molecule has 0 bridgehead atoms. The lowest BCUT2D eigenvalue weighted by Gasteiger charge is -2.38. The minimum atomic E-state index is 0.660. The van der Waals surface area contributed by atoms with E-state index in [-0.39, 0.29) is 0 Å². The van der Waals surface area contributed by atoms with Gasteiger partial charge >= 0.3 is 0 Å². The van der Waals surface area contributed by atoms with E-state index < -0.39 is 0 Å². The van der Waals surface area contributed by atoms with E-state index in [2.05, 4.69) is 22.1 Å². The van der Waals surface area contributed by atoms with E-state index in [4.69, 9.17) is 0 Å². The monoisotopic (exact) mass is 164 g/mol. The Morgan fingerprint density at radius 1 is 1.25 bits per heavy atom. The van der Waals surface area contributed by atoms with Crippen LogP contribution < -0.4 is 0 Å². The number of nitrogens with zero attached hydrogens (tertiary/aromatic N) is 2. The Morgan fingerprint density at radius 2 is 2.08 bits per heavy atom. The molecule has 2 fully saturated rings. The number of rotatable bonds is 1. The molecule has 0 radical (unpaired) electrons. The minimum Gasteiger partial charge on any atom is -0.355 e. The van der Waals surface area contributed by atoms with Crippen LogP contribution in [0.1, 0.15) is 19.3 Å². The second kappa shape index (κ2) is 3.34. The van der Waals surface area contributed by atoms with Gasteiger partial charge in [0.25, 0.3) is 0 Å². The summed E-state index contributed by atoms with van der Waals surface area (Å²) in [6, 6.07) is 0. The van der Waals surface area contributed by atoms with Crippen molar-refractivity contribution in [2.24, 2.45) is 0 Å². The summed E-state index contributed by atoms with van der Waals surface area (Å²) >= 11 is 0. The normalized spacial score (nSPS) is 29.7. The Balaban J connectivity index is 2.08. The first-order valence-corrected chi connectivity index (χ1v) is 4.77. The summed E-state index contributed by atoms with van der Waals surface area (Å²) in [6.45, 7) is 7.38. The lowest BCUT2D eigenvalue weighted by molar-refractivity contribution is 0.0729. The summed E-state index contributed by atoms with van der Waals surface area (Å²) in [5.74, 6) is 0. The fourth-order valence-corrected chi connectivity index (χ4v) is 2.32. The summed E-state index contributed by atoms with van der Waals surface area (Å²) in [6.07, 6.45) is 6.63. The zero-order valence-electron chi connectivity index (χ0n) is 7.50. The van der Waals surface area contributed by atoms with Crippen LogP contribution in [0.15, 0.2) is 18.5 Å². The van der Waals surface area contributed by atoms with Gasteiger partial charge in [-0.3, -0.25) is 4.90 Å². The van der Waals surface area contributed by atoms with Gasteiger partial charge in [0.05, 0.1) is 6.17 Å². The van der Waals surface area contributed by atoms with Crippen LogP contribution in [-0.4, -0.2) is 35.6 Å². The summed E-state index contributed by atoms with van der Waals surface area (Å²) < 4.78 is 0. The van der Waals surface area contributed by atoms with Crippen molar-refractivity contribution in [2.75, 3.05) is 19.6 Å². The van der Waals surface area contributed by atoms with E-state index in [1.165, 1.54) is 38.9 Å². The maximum atomic E-state index is 3.63. The summed E-state index contributed by atoms with van der Waals surface area (Å²) in [4.78, 5) is 4.95. The van der Waals surface area contributed by atoms with E-state index in [0.717, 1.165) is 0 Å². The van der Waals surface area contributed by atoms with Crippen molar-refractivity contribution in [1.29, 1.82) is 0 Å². The lowest BCUT2D eigenvalue weighted by atomic mass is 10.2. The fourth-order valence-electron chi connectivity index (χ4n) is 2.32. The Morgan fingerprint density at radius 3 is 2.92 bits per heavy atom. The van der Waals surface area contributed by atoms with Crippen LogP contribution in [-0.2, 0) is 0 Å². The Labute approximate surface area is 74.2 Å². The van der Waals surface area contributed by atoms with Crippen LogP contribution in [0.5, 0.6) is 0 Å². The van der Waals surface area contributed by atoms with Crippen LogP contribution in [0, 0.1) is 0 Å². The van der Waals surface area contributed by atoms with Gasteiger partial charge in [-0.05, 0) is 19.3 Å². The van der Waals surface area contributed by atoms with E-state index >= 15 is 0 Å². The number of fused-ring (bicyclic) bond motifs is 1. The smallest absolute Gasteiger partial charge is 0.0821 e. The molecule has 0 aromatic rings. The third kappa shape index (κ3) is 1.28. The highest BCUT2D eigenvalue weighted by Gasteiger charge is 2.30. The van der Waals surface area contributed by atoms with E-state index in [1.54, 1.807) is 0 Å². The zero-order chi connectivity index (χ0) is 8.39. The van der Waals surface area contributed by atoms with Crippen molar-refractivity contribution < 1.29 is 0 Å². The molecule has 2 heteroatoms. The highest BCUT2D eigenvalue weighted by Crippen LogP contribution is 2.24. The van der Waals surface area contributed by atoms with E-state index in [0.29, 0.717) is 6.17 Å². The molecule has 1 unspecified atom stereocenters. The molecular formula is C10H16N2. The molecule has 0 aromatic heterocycles. The van der Waals surface area contributed by atoms with Crippen LogP contribution in [0.4, 0.5) is 0 Å². The SMILES string of the molecule is C=C=CN1CCCN2CCCC12. The largest absolute Gasteiger partial charge is 0.355 e. The first kappa shape index (κ1) is 7.90. The molecule has 0 aliphatic carbocycles. The zero-order valence-corrected chi connectivity index (χ0v) is 7.50. The minimum absolute atomic E-state index is 0.660. The van der Waals surface area contributed by atoms with Gasteiger partial charge in [-0.2, -0.15) is 0 Å². The van der Waals surface area contributed by atoms with Gasteiger partial charge in [-0.15, -0.1) is 5.73 Å². The van der Waals surface area contributed by atoms with Gasteiger partial charge in [0.1, 0.15) is 0 Å². The third-order valence-corrected chi connectivity index (χ3v) is 2.83. The second-order valence-electron chi connectivity index (χ2n) is 3.58. The van der Waals surface area contributed by atoms with Crippen molar-refractivity contribution in [1.82, 2.24) is 9.80 Å². The Hall–Kier alpha value is -0.720. The van der Waals surface area contributed by atoms with E-state index in [9.17, 15) is 0 Å². The second-order valence-corrected chi connectivity index (χ2v) is 3.58. The Kier molecular flexibility index (Phi) is 2.20. The summed E-state index contributed by atoms with van der Waals surface area (Å²) in [5.41, 5.74) is 2.87. The quantitative estimate of drug-likeness (QED) is 0.541. The van der Waals surface area contributed by atoms with Gasteiger partial charge in [0, 0.05) is 25.8 Å². The van der Waals surface area contributed by atoms with Crippen molar-refractivity contribution in [3.8, 4) is 0 Å². The molecule has 1 atom stereocenters. The molecule has 0 N–H and O–H groups in total. The maximum absolute atomic E-state index is 3.63. The van der Waals surface area contributed by atoms with Gasteiger partial charge in [0.2, 0.25) is 0 Å². The molecule has 0 aromatic carbocycles. The first-order chi connectivity index (χ1) is 5.92. The molecule has 2 aliphatic rings. The van der Waals surface area contributed by atoms with Gasteiger partial charge in [-0.25, -0.2) is 0 Å². The van der Waals surface area contributed by atoms with Crippen LogP contribution in [0.2, 0.25) is 0 Å². The molecule has 2 rings (SSSR count). The molecule has 0 saturated carbocycles.